The van der Waals surface area contributed by atoms with Gasteiger partial charge in [0.15, 0.2) is 0 Å². The monoisotopic (exact) mass is 280 g/mol. The summed E-state index contributed by atoms with van der Waals surface area (Å²) < 4.78 is 0. The first-order valence-corrected chi connectivity index (χ1v) is 9.23. The highest BCUT2D eigenvalue weighted by Gasteiger charge is 2.22. The van der Waals surface area contributed by atoms with E-state index in [2.05, 4.69) is 24.1 Å². The lowest BCUT2D eigenvalue weighted by atomic mass is 9.95. The van der Waals surface area contributed by atoms with Crippen LogP contribution in [0.15, 0.2) is 0 Å². The highest BCUT2D eigenvalue weighted by Crippen LogP contribution is 2.24. The minimum atomic E-state index is 0.819. The average Bonchev–Trinajstić information content (AvgIpc) is 2.97. The summed E-state index contributed by atoms with van der Waals surface area (Å²) >= 11 is 0. The van der Waals surface area contributed by atoms with Crippen LogP contribution in [-0.2, 0) is 0 Å². The van der Waals surface area contributed by atoms with Gasteiger partial charge in [0.2, 0.25) is 0 Å². The summed E-state index contributed by atoms with van der Waals surface area (Å²) in [6.45, 7) is 8.50. The van der Waals surface area contributed by atoms with Crippen LogP contribution in [-0.4, -0.2) is 36.6 Å². The Labute approximate surface area is 126 Å². The Morgan fingerprint density at radius 3 is 2.20 bits per heavy atom. The summed E-state index contributed by atoms with van der Waals surface area (Å²) in [4.78, 5) is 2.79. The molecule has 0 saturated heterocycles. The summed E-state index contributed by atoms with van der Waals surface area (Å²) in [5.41, 5.74) is 0. The van der Waals surface area contributed by atoms with E-state index in [0.29, 0.717) is 0 Å². The molecule has 0 unspecified atom stereocenters. The Morgan fingerprint density at radius 1 is 0.900 bits per heavy atom. The zero-order valence-electron chi connectivity index (χ0n) is 13.9. The fourth-order valence-electron chi connectivity index (χ4n) is 3.89. The molecule has 0 radical (unpaired) electrons. The molecule has 20 heavy (non-hydrogen) atoms. The van der Waals surface area contributed by atoms with Crippen LogP contribution >= 0.6 is 0 Å². The molecule has 2 saturated carbocycles. The molecule has 0 aromatic heterocycles. The SMILES string of the molecule is CC(C)CCN(CCNC1CCCCC1)C1CCCC1. The standard InChI is InChI=1S/C18H36N2/c1-16(2)12-14-20(18-10-6-7-11-18)15-13-19-17-8-4-3-5-9-17/h16-19H,3-15H2,1-2H3. The molecule has 0 heterocycles. The zero-order chi connectivity index (χ0) is 14.2. The number of nitrogens with one attached hydrogen (secondary N) is 1. The smallest absolute Gasteiger partial charge is 0.0110 e. The largest absolute Gasteiger partial charge is 0.313 e. The molecule has 0 aromatic rings. The van der Waals surface area contributed by atoms with E-state index in [1.165, 1.54) is 83.8 Å². The zero-order valence-corrected chi connectivity index (χ0v) is 13.9. The van der Waals surface area contributed by atoms with Crippen molar-refractivity contribution in [2.75, 3.05) is 19.6 Å². The summed E-state index contributed by atoms with van der Waals surface area (Å²) in [6.07, 6.45) is 14.3. The molecule has 0 amide bonds. The third-order valence-corrected chi connectivity index (χ3v) is 5.27. The maximum absolute atomic E-state index is 3.82. The van der Waals surface area contributed by atoms with Crippen molar-refractivity contribution in [2.24, 2.45) is 5.92 Å². The molecule has 0 aromatic carbocycles. The fourth-order valence-corrected chi connectivity index (χ4v) is 3.89. The van der Waals surface area contributed by atoms with Crippen LogP contribution in [0.25, 0.3) is 0 Å². The van der Waals surface area contributed by atoms with Crippen molar-refractivity contribution in [1.29, 1.82) is 0 Å². The first-order chi connectivity index (χ1) is 9.75. The van der Waals surface area contributed by atoms with Crippen molar-refractivity contribution < 1.29 is 0 Å². The van der Waals surface area contributed by atoms with Crippen molar-refractivity contribution in [1.82, 2.24) is 10.2 Å². The molecular weight excluding hydrogens is 244 g/mol. The van der Waals surface area contributed by atoms with E-state index in [1.54, 1.807) is 0 Å². The van der Waals surface area contributed by atoms with Gasteiger partial charge in [-0.25, -0.2) is 0 Å². The molecule has 2 fully saturated rings. The van der Waals surface area contributed by atoms with Crippen molar-refractivity contribution in [3.05, 3.63) is 0 Å². The Kier molecular flexibility index (Phi) is 7.37. The van der Waals surface area contributed by atoms with Crippen molar-refractivity contribution in [3.63, 3.8) is 0 Å². The van der Waals surface area contributed by atoms with Gasteiger partial charge in [-0.2, -0.15) is 0 Å². The molecule has 0 aliphatic heterocycles. The highest BCUT2D eigenvalue weighted by atomic mass is 15.2. The normalized spacial score (nSPS) is 22.2. The maximum Gasteiger partial charge on any atom is 0.0110 e. The third kappa shape index (κ3) is 5.73. The molecule has 2 heteroatoms. The minimum absolute atomic E-state index is 0.819. The second kappa shape index (κ2) is 9.04. The van der Waals surface area contributed by atoms with E-state index in [1.807, 2.05) is 0 Å². The van der Waals surface area contributed by atoms with Gasteiger partial charge in [-0.05, 0) is 44.6 Å². The number of hydrogen-bond acceptors (Lipinski definition) is 2. The summed E-state index contributed by atoms with van der Waals surface area (Å²) in [5.74, 6) is 0.838. The van der Waals surface area contributed by atoms with Crippen LogP contribution in [0.5, 0.6) is 0 Å². The van der Waals surface area contributed by atoms with Gasteiger partial charge in [-0.3, -0.25) is 4.90 Å². The lowest BCUT2D eigenvalue weighted by molar-refractivity contribution is 0.184. The van der Waals surface area contributed by atoms with E-state index in [0.717, 1.165) is 18.0 Å². The van der Waals surface area contributed by atoms with Gasteiger partial charge in [0.25, 0.3) is 0 Å². The Hall–Kier alpha value is -0.0800. The molecule has 118 valence electrons. The Morgan fingerprint density at radius 2 is 1.55 bits per heavy atom. The molecule has 0 spiro atoms. The minimum Gasteiger partial charge on any atom is -0.313 e. The molecule has 2 rings (SSSR count). The second-order valence-electron chi connectivity index (χ2n) is 7.45. The van der Waals surface area contributed by atoms with Crippen molar-refractivity contribution in [2.45, 2.75) is 90.1 Å². The third-order valence-electron chi connectivity index (χ3n) is 5.27. The van der Waals surface area contributed by atoms with Gasteiger partial charge in [0, 0.05) is 25.2 Å². The fraction of sp³-hybridized carbons (Fsp3) is 1.00. The van der Waals surface area contributed by atoms with Gasteiger partial charge in [0.1, 0.15) is 0 Å². The van der Waals surface area contributed by atoms with Crippen LogP contribution in [0, 0.1) is 5.92 Å². The Bertz CT molecular complexity index is 240. The number of rotatable bonds is 8. The van der Waals surface area contributed by atoms with Gasteiger partial charge < -0.3 is 5.32 Å². The predicted molar refractivity (Wildman–Crippen MR) is 88.2 cm³/mol. The lowest BCUT2D eigenvalue weighted by Crippen LogP contribution is -2.42. The van der Waals surface area contributed by atoms with Crippen molar-refractivity contribution in [3.8, 4) is 0 Å². The molecule has 0 atom stereocenters. The van der Waals surface area contributed by atoms with Gasteiger partial charge >= 0.3 is 0 Å². The summed E-state index contributed by atoms with van der Waals surface area (Å²) in [6, 6.07) is 1.71. The molecule has 2 nitrogen and oxygen atoms in total. The summed E-state index contributed by atoms with van der Waals surface area (Å²) in [5, 5.41) is 3.82. The van der Waals surface area contributed by atoms with Crippen LogP contribution in [0.1, 0.15) is 78.1 Å². The maximum atomic E-state index is 3.82. The second-order valence-corrected chi connectivity index (χ2v) is 7.45. The van der Waals surface area contributed by atoms with E-state index < -0.39 is 0 Å². The van der Waals surface area contributed by atoms with Crippen molar-refractivity contribution >= 4 is 0 Å². The number of nitrogens with zero attached hydrogens (tertiary/aromatic N) is 1. The molecular formula is C18H36N2. The molecule has 0 bridgehead atoms. The van der Waals surface area contributed by atoms with Gasteiger partial charge in [-0.15, -0.1) is 0 Å². The van der Waals surface area contributed by atoms with Gasteiger partial charge in [-0.1, -0.05) is 46.0 Å². The van der Waals surface area contributed by atoms with Crippen LogP contribution in [0.4, 0.5) is 0 Å². The van der Waals surface area contributed by atoms with Crippen LogP contribution in [0.2, 0.25) is 0 Å². The quantitative estimate of drug-likeness (QED) is 0.717. The highest BCUT2D eigenvalue weighted by molar-refractivity contribution is 4.79. The van der Waals surface area contributed by atoms with Gasteiger partial charge in [0.05, 0.1) is 0 Å². The topological polar surface area (TPSA) is 15.3 Å². The molecule has 2 aliphatic carbocycles. The molecule has 2 aliphatic rings. The first-order valence-electron chi connectivity index (χ1n) is 9.23. The lowest BCUT2D eigenvalue weighted by Gasteiger charge is -2.31. The van der Waals surface area contributed by atoms with Crippen LogP contribution in [0.3, 0.4) is 0 Å². The number of hydrogen-bond donors (Lipinski definition) is 1. The van der Waals surface area contributed by atoms with E-state index >= 15 is 0 Å². The summed E-state index contributed by atoms with van der Waals surface area (Å²) in [7, 11) is 0. The molecule has 1 N–H and O–H groups in total. The van der Waals surface area contributed by atoms with E-state index in [4.69, 9.17) is 0 Å². The first kappa shape index (κ1) is 16.3. The average molecular weight is 280 g/mol. The van der Waals surface area contributed by atoms with E-state index in [-0.39, 0.29) is 0 Å². The van der Waals surface area contributed by atoms with E-state index in [9.17, 15) is 0 Å². The Balaban J connectivity index is 1.68. The predicted octanol–water partition coefficient (Wildman–Crippen LogP) is 4.20. The van der Waals surface area contributed by atoms with Crippen LogP contribution < -0.4 is 5.32 Å².